The third-order valence-corrected chi connectivity index (χ3v) is 6.35. The fourth-order valence-corrected chi connectivity index (χ4v) is 4.45. The van der Waals surface area contributed by atoms with E-state index in [2.05, 4.69) is 34.4 Å². The zero-order chi connectivity index (χ0) is 25.7. The van der Waals surface area contributed by atoms with Crippen molar-refractivity contribution in [3.05, 3.63) is 88.2 Å². The molecule has 1 aliphatic rings. The highest BCUT2D eigenvalue weighted by Crippen LogP contribution is 2.32. The number of anilines is 2. The Balaban J connectivity index is 1.60. The van der Waals surface area contributed by atoms with Gasteiger partial charge in [-0.3, -0.25) is 9.59 Å². The van der Waals surface area contributed by atoms with E-state index in [-0.39, 0.29) is 23.9 Å². The van der Waals surface area contributed by atoms with E-state index in [9.17, 15) is 9.59 Å². The number of rotatable bonds is 7. The monoisotopic (exact) mass is 507 g/mol. The molecule has 1 saturated heterocycles. The molecule has 0 bridgehead atoms. The molecule has 4 N–H and O–H groups in total. The highest BCUT2D eigenvalue weighted by molar-refractivity contribution is 6.29. The van der Waals surface area contributed by atoms with Gasteiger partial charge in [0.1, 0.15) is 5.15 Å². The minimum absolute atomic E-state index is 0.0936. The van der Waals surface area contributed by atoms with Crippen LogP contribution in [0, 0.1) is 0 Å². The van der Waals surface area contributed by atoms with E-state index >= 15 is 0 Å². The zero-order valence-electron chi connectivity index (χ0n) is 20.3. The number of hydrogen-bond donors (Lipinski definition) is 3. The van der Waals surface area contributed by atoms with Crippen molar-refractivity contribution in [2.75, 3.05) is 23.4 Å². The molecule has 2 aromatic carbocycles. The number of pyridine rings is 1. The minimum Gasteiger partial charge on any atom is -0.377 e. The highest BCUT2D eigenvalue weighted by atomic mass is 35.5. The van der Waals surface area contributed by atoms with Crippen molar-refractivity contribution in [1.29, 1.82) is 0 Å². The van der Waals surface area contributed by atoms with Gasteiger partial charge in [0.2, 0.25) is 0 Å². The fourth-order valence-electron chi connectivity index (χ4n) is 4.34. The summed E-state index contributed by atoms with van der Waals surface area (Å²) in [4.78, 5) is 32.3. The van der Waals surface area contributed by atoms with E-state index < -0.39 is 0 Å². The van der Waals surface area contributed by atoms with E-state index in [1.807, 2.05) is 30.3 Å². The Morgan fingerprint density at radius 3 is 2.44 bits per heavy atom. The lowest BCUT2D eigenvalue weighted by Crippen LogP contribution is -2.50. The summed E-state index contributed by atoms with van der Waals surface area (Å²) in [5, 5.41) is 6.23. The molecule has 9 heteroatoms. The van der Waals surface area contributed by atoms with Crippen molar-refractivity contribution in [1.82, 2.24) is 10.3 Å². The van der Waals surface area contributed by atoms with Gasteiger partial charge in [0, 0.05) is 36.9 Å². The maximum Gasteiger partial charge on any atom is 0.257 e. The molecule has 3 aromatic rings. The maximum atomic E-state index is 13.0. The van der Waals surface area contributed by atoms with Gasteiger partial charge in [-0.05, 0) is 55.3 Å². The molecule has 36 heavy (non-hydrogen) atoms. The molecule has 1 aliphatic heterocycles. The number of nitrogens with two attached hydrogens (primary N) is 1. The van der Waals surface area contributed by atoms with E-state index in [4.69, 9.17) is 22.1 Å². The van der Waals surface area contributed by atoms with Gasteiger partial charge in [0.15, 0.2) is 0 Å². The van der Waals surface area contributed by atoms with Crippen molar-refractivity contribution in [3.8, 4) is 0 Å². The second-order valence-corrected chi connectivity index (χ2v) is 9.29. The summed E-state index contributed by atoms with van der Waals surface area (Å²) in [5.41, 5.74) is 9.84. The molecule has 1 fully saturated rings. The van der Waals surface area contributed by atoms with Crippen LogP contribution >= 0.6 is 11.6 Å². The number of nitrogens with zero attached hydrogens (tertiary/aromatic N) is 2. The van der Waals surface area contributed by atoms with Crippen molar-refractivity contribution in [2.24, 2.45) is 5.73 Å². The van der Waals surface area contributed by atoms with Crippen LogP contribution in [0.2, 0.25) is 5.15 Å². The first-order chi connectivity index (χ1) is 17.4. The summed E-state index contributed by atoms with van der Waals surface area (Å²) in [6.07, 6.45) is 1.42. The number of nitrogens with one attached hydrogen (secondary N) is 2. The average molecular weight is 508 g/mol. The number of carbonyl (C=O) groups is 2. The first kappa shape index (κ1) is 25.6. The van der Waals surface area contributed by atoms with E-state index in [1.54, 1.807) is 24.3 Å². The molecule has 2 unspecified atom stereocenters. The Labute approximate surface area is 215 Å². The molecular weight excluding hydrogens is 478 g/mol. The molecule has 8 nitrogen and oxygen atoms in total. The quantitative estimate of drug-likeness (QED) is 0.417. The van der Waals surface area contributed by atoms with Crippen LogP contribution < -0.4 is 21.3 Å². The van der Waals surface area contributed by atoms with Gasteiger partial charge >= 0.3 is 0 Å². The van der Waals surface area contributed by atoms with E-state index in [0.717, 1.165) is 16.8 Å². The molecule has 0 spiro atoms. The average Bonchev–Trinajstić information content (AvgIpc) is 2.88. The molecule has 4 rings (SSSR count). The second-order valence-electron chi connectivity index (χ2n) is 8.91. The van der Waals surface area contributed by atoms with Crippen molar-refractivity contribution in [2.45, 2.75) is 39.0 Å². The van der Waals surface area contributed by atoms with Crippen molar-refractivity contribution >= 4 is 34.8 Å². The standard InChI is InChI=1S/C27H30ClN5O3/c1-17-15-36-16-18(2)33(17)24-8-6-21(26(34)31-13-20-5-3-4-19(10-20)12-29)11-23(24)32-27(35)22-7-9-25(28)30-14-22/h3-11,14,17-18H,12-13,15-16,29H2,1-2H3,(H,31,34)(H,32,35). The Kier molecular flexibility index (Phi) is 8.20. The topological polar surface area (TPSA) is 110 Å². The van der Waals surface area contributed by atoms with Gasteiger partial charge in [0.05, 0.1) is 30.2 Å². The molecular formula is C27H30ClN5O3. The summed E-state index contributed by atoms with van der Waals surface area (Å²) >= 11 is 5.87. The fraction of sp³-hybridized carbons (Fsp3) is 0.296. The molecule has 2 atom stereocenters. The lowest BCUT2D eigenvalue weighted by molar-refractivity contribution is 0.0757. The second kappa shape index (κ2) is 11.5. The normalized spacial score (nSPS) is 17.5. The van der Waals surface area contributed by atoms with Crippen molar-refractivity contribution in [3.63, 3.8) is 0 Å². The van der Waals surface area contributed by atoms with Crippen LogP contribution in [0.1, 0.15) is 45.7 Å². The SMILES string of the molecule is CC1COCC(C)N1c1ccc(C(=O)NCc2cccc(CN)c2)cc1NC(=O)c1ccc(Cl)nc1. The molecule has 0 aliphatic carbocycles. The van der Waals surface area contributed by atoms with Gasteiger partial charge in [-0.25, -0.2) is 4.98 Å². The summed E-state index contributed by atoms with van der Waals surface area (Å²) in [5.74, 6) is -0.587. The molecule has 2 amide bonds. The van der Waals surface area contributed by atoms with Gasteiger partial charge in [0.25, 0.3) is 11.8 Å². The number of aromatic nitrogens is 1. The van der Waals surface area contributed by atoms with Crippen LogP contribution in [-0.4, -0.2) is 42.1 Å². The van der Waals surface area contributed by atoms with E-state index in [1.165, 1.54) is 6.20 Å². The molecule has 2 heterocycles. The van der Waals surface area contributed by atoms with Crippen LogP contribution in [0.4, 0.5) is 11.4 Å². The highest BCUT2D eigenvalue weighted by Gasteiger charge is 2.28. The largest absolute Gasteiger partial charge is 0.377 e. The predicted octanol–water partition coefficient (Wildman–Crippen LogP) is 3.99. The number of carbonyl (C=O) groups excluding carboxylic acids is 2. The number of halogens is 1. The number of amides is 2. The first-order valence-corrected chi connectivity index (χ1v) is 12.2. The maximum absolute atomic E-state index is 13.0. The summed E-state index contributed by atoms with van der Waals surface area (Å²) in [6, 6.07) is 16.5. The van der Waals surface area contributed by atoms with Crippen LogP contribution in [0.25, 0.3) is 0 Å². The predicted molar refractivity (Wildman–Crippen MR) is 141 cm³/mol. The molecule has 188 valence electrons. The van der Waals surface area contributed by atoms with Crippen LogP contribution in [-0.2, 0) is 17.8 Å². The van der Waals surface area contributed by atoms with Gasteiger partial charge in [-0.15, -0.1) is 0 Å². The number of benzene rings is 2. The number of ether oxygens (including phenoxy) is 1. The Morgan fingerprint density at radius 1 is 1.03 bits per heavy atom. The summed E-state index contributed by atoms with van der Waals surface area (Å²) in [6.45, 7) is 6.09. The first-order valence-electron chi connectivity index (χ1n) is 11.8. The third kappa shape index (κ3) is 6.02. The Bertz CT molecular complexity index is 1220. The molecule has 0 radical (unpaired) electrons. The van der Waals surface area contributed by atoms with Crippen LogP contribution in [0.5, 0.6) is 0 Å². The Hall–Kier alpha value is -3.46. The van der Waals surface area contributed by atoms with Gasteiger partial charge in [-0.2, -0.15) is 0 Å². The van der Waals surface area contributed by atoms with Crippen LogP contribution in [0.15, 0.2) is 60.8 Å². The summed E-state index contributed by atoms with van der Waals surface area (Å²) in [7, 11) is 0. The molecule has 1 aromatic heterocycles. The number of morpholine rings is 1. The van der Waals surface area contributed by atoms with E-state index in [0.29, 0.717) is 48.3 Å². The third-order valence-electron chi connectivity index (χ3n) is 6.12. The lowest BCUT2D eigenvalue weighted by atomic mass is 10.1. The Morgan fingerprint density at radius 2 is 1.75 bits per heavy atom. The van der Waals surface area contributed by atoms with Gasteiger partial charge < -0.3 is 26.0 Å². The summed E-state index contributed by atoms with van der Waals surface area (Å²) < 4.78 is 5.68. The van der Waals surface area contributed by atoms with Crippen LogP contribution in [0.3, 0.4) is 0 Å². The van der Waals surface area contributed by atoms with Gasteiger partial charge in [-0.1, -0.05) is 35.9 Å². The smallest absolute Gasteiger partial charge is 0.257 e. The zero-order valence-corrected chi connectivity index (χ0v) is 21.1. The minimum atomic E-state index is -0.342. The lowest BCUT2D eigenvalue weighted by Gasteiger charge is -2.41. The van der Waals surface area contributed by atoms with Crippen molar-refractivity contribution < 1.29 is 14.3 Å². The molecule has 0 saturated carbocycles. The number of hydrogen-bond acceptors (Lipinski definition) is 6.